The Balaban J connectivity index is 2.36. The van der Waals surface area contributed by atoms with Crippen molar-refractivity contribution in [2.45, 2.75) is 13.5 Å². The minimum Gasteiger partial charge on any atom is -0.329 e. The van der Waals surface area contributed by atoms with E-state index in [1.54, 1.807) is 23.6 Å². The zero-order chi connectivity index (χ0) is 12.4. The predicted molar refractivity (Wildman–Crippen MR) is 63.7 cm³/mol. The summed E-state index contributed by atoms with van der Waals surface area (Å²) in [5.41, 5.74) is 0.0929. The first-order valence-corrected chi connectivity index (χ1v) is 5.42. The van der Waals surface area contributed by atoms with Crippen molar-refractivity contribution in [2.75, 3.05) is 0 Å². The highest BCUT2D eigenvalue weighted by atomic mass is 35.5. The van der Waals surface area contributed by atoms with Crippen LogP contribution in [0.4, 0.5) is 4.39 Å². The van der Waals surface area contributed by atoms with Crippen molar-refractivity contribution in [3.63, 3.8) is 0 Å². The smallest absolute Gasteiger partial charge is 0.308 e. The quantitative estimate of drug-likeness (QED) is 0.823. The van der Waals surface area contributed by atoms with Gasteiger partial charge in [0.25, 0.3) is 0 Å². The van der Waals surface area contributed by atoms with Crippen molar-refractivity contribution in [3.8, 4) is 0 Å². The maximum absolute atomic E-state index is 13.1. The van der Waals surface area contributed by atoms with Crippen molar-refractivity contribution in [1.29, 1.82) is 0 Å². The van der Waals surface area contributed by atoms with Crippen LogP contribution in [-0.2, 0) is 6.54 Å². The molecule has 88 valence electrons. The van der Waals surface area contributed by atoms with Gasteiger partial charge in [0.2, 0.25) is 5.82 Å². The molecule has 0 N–H and O–H groups in total. The Bertz CT molecular complexity index is 610. The molecule has 0 saturated carbocycles. The van der Waals surface area contributed by atoms with Gasteiger partial charge in [0.15, 0.2) is 0 Å². The van der Waals surface area contributed by atoms with E-state index in [-0.39, 0.29) is 0 Å². The van der Waals surface area contributed by atoms with E-state index in [1.807, 2.05) is 12.1 Å². The first-order chi connectivity index (χ1) is 8.06. The van der Waals surface area contributed by atoms with Crippen molar-refractivity contribution in [2.24, 2.45) is 0 Å². The van der Waals surface area contributed by atoms with Crippen LogP contribution >= 0.6 is 11.6 Å². The van der Waals surface area contributed by atoms with E-state index >= 15 is 0 Å². The topological polar surface area (TPSA) is 34.9 Å². The summed E-state index contributed by atoms with van der Waals surface area (Å²) in [5.74, 6) is -0.381. The lowest BCUT2D eigenvalue weighted by atomic mass is 10.2. The van der Waals surface area contributed by atoms with Gasteiger partial charge in [0.05, 0.1) is 0 Å². The molecular formula is C12H10ClFN2O. The molecule has 1 aromatic heterocycles. The molecule has 0 fully saturated rings. The second-order valence-electron chi connectivity index (χ2n) is 3.70. The van der Waals surface area contributed by atoms with Crippen LogP contribution in [0, 0.1) is 12.7 Å². The van der Waals surface area contributed by atoms with Gasteiger partial charge in [-0.2, -0.15) is 9.37 Å². The summed E-state index contributed by atoms with van der Waals surface area (Å²) < 4.78 is 14.7. The Kier molecular flexibility index (Phi) is 3.24. The molecule has 3 nitrogen and oxygen atoms in total. The fourth-order valence-electron chi connectivity index (χ4n) is 1.54. The van der Waals surface area contributed by atoms with Crippen LogP contribution in [0.25, 0.3) is 0 Å². The Hall–Kier alpha value is -1.68. The van der Waals surface area contributed by atoms with Gasteiger partial charge in [-0.25, -0.2) is 0 Å². The summed E-state index contributed by atoms with van der Waals surface area (Å²) in [6.45, 7) is 2.09. The summed E-state index contributed by atoms with van der Waals surface area (Å²) in [4.78, 5) is 14.6. The summed E-state index contributed by atoms with van der Waals surface area (Å²) in [7, 11) is 0. The molecule has 0 unspecified atom stereocenters. The van der Waals surface area contributed by atoms with E-state index in [4.69, 9.17) is 11.6 Å². The lowest BCUT2D eigenvalue weighted by Crippen LogP contribution is -2.19. The standard InChI is InChI=1S/C12H10ClFN2O/c1-8-15-12(17)11(14)7-16(8)6-9-3-2-4-10(13)5-9/h2-5,7H,6H2,1H3. The third-order valence-corrected chi connectivity index (χ3v) is 2.63. The Labute approximate surface area is 102 Å². The van der Waals surface area contributed by atoms with Gasteiger partial charge in [0.1, 0.15) is 5.82 Å². The third-order valence-electron chi connectivity index (χ3n) is 2.39. The number of hydrogen-bond donors (Lipinski definition) is 0. The number of halogens is 2. The van der Waals surface area contributed by atoms with E-state index in [1.165, 1.54) is 0 Å². The van der Waals surface area contributed by atoms with Crippen molar-refractivity contribution in [1.82, 2.24) is 9.55 Å². The van der Waals surface area contributed by atoms with E-state index in [2.05, 4.69) is 4.98 Å². The van der Waals surface area contributed by atoms with Gasteiger partial charge in [-0.05, 0) is 24.6 Å². The average molecular weight is 253 g/mol. The van der Waals surface area contributed by atoms with Crippen LogP contribution in [-0.4, -0.2) is 9.55 Å². The van der Waals surface area contributed by atoms with E-state index in [0.717, 1.165) is 11.8 Å². The molecule has 5 heteroatoms. The van der Waals surface area contributed by atoms with Crippen LogP contribution < -0.4 is 5.56 Å². The molecule has 0 amide bonds. The fourth-order valence-corrected chi connectivity index (χ4v) is 1.75. The predicted octanol–water partition coefficient (Wildman–Crippen LogP) is 2.39. The van der Waals surface area contributed by atoms with Gasteiger partial charge >= 0.3 is 5.56 Å². The Morgan fingerprint density at radius 3 is 2.94 bits per heavy atom. The van der Waals surface area contributed by atoms with Crippen LogP contribution in [0.2, 0.25) is 5.02 Å². The highest BCUT2D eigenvalue weighted by Gasteiger charge is 2.05. The molecule has 0 atom stereocenters. The summed E-state index contributed by atoms with van der Waals surface area (Å²) in [6.07, 6.45) is 1.16. The van der Waals surface area contributed by atoms with E-state index in [9.17, 15) is 9.18 Å². The van der Waals surface area contributed by atoms with Crippen molar-refractivity contribution < 1.29 is 4.39 Å². The number of nitrogens with zero attached hydrogens (tertiary/aromatic N) is 2. The number of aryl methyl sites for hydroxylation is 1. The molecule has 17 heavy (non-hydrogen) atoms. The van der Waals surface area contributed by atoms with Gasteiger partial charge in [0, 0.05) is 17.8 Å². The lowest BCUT2D eigenvalue weighted by molar-refractivity contribution is 0.567. The number of aromatic nitrogens is 2. The number of rotatable bonds is 2. The third kappa shape index (κ3) is 2.71. The number of hydrogen-bond acceptors (Lipinski definition) is 2. The largest absolute Gasteiger partial charge is 0.329 e. The molecule has 2 rings (SSSR count). The molecule has 1 aromatic carbocycles. The molecule has 0 aliphatic heterocycles. The van der Waals surface area contributed by atoms with Gasteiger partial charge < -0.3 is 4.57 Å². The molecule has 2 aromatic rings. The lowest BCUT2D eigenvalue weighted by Gasteiger charge is -2.09. The Morgan fingerprint density at radius 2 is 2.24 bits per heavy atom. The fraction of sp³-hybridized carbons (Fsp3) is 0.167. The molecule has 1 heterocycles. The average Bonchev–Trinajstić information content (AvgIpc) is 2.26. The number of benzene rings is 1. The SMILES string of the molecule is Cc1nc(=O)c(F)cn1Cc1cccc(Cl)c1. The maximum Gasteiger partial charge on any atom is 0.308 e. The summed E-state index contributed by atoms with van der Waals surface area (Å²) in [6, 6.07) is 7.25. The minimum atomic E-state index is -0.849. The monoisotopic (exact) mass is 252 g/mol. The van der Waals surface area contributed by atoms with Crippen molar-refractivity contribution in [3.05, 3.63) is 63.0 Å². The van der Waals surface area contributed by atoms with Crippen LogP contribution in [0.5, 0.6) is 0 Å². The summed E-state index contributed by atoms with van der Waals surface area (Å²) >= 11 is 5.86. The molecule has 0 spiro atoms. The van der Waals surface area contributed by atoms with Crippen LogP contribution in [0.3, 0.4) is 0 Å². The van der Waals surface area contributed by atoms with Gasteiger partial charge in [-0.15, -0.1) is 0 Å². The maximum atomic E-state index is 13.1. The molecule has 0 aliphatic carbocycles. The molecule has 0 radical (unpaired) electrons. The molecular weight excluding hydrogens is 243 g/mol. The first-order valence-electron chi connectivity index (χ1n) is 5.04. The zero-order valence-electron chi connectivity index (χ0n) is 9.15. The first kappa shape index (κ1) is 11.8. The molecule has 0 aliphatic rings. The minimum absolute atomic E-state index is 0.427. The molecule has 0 bridgehead atoms. The van der Waals surface area contributed by atoms with Crippen LogP contribution in [0.1, 0.15) is 11.4 Å². The second kappa shape index (κ2) is 4.67. The normalized spacial score (nSPS) is 10.5. The zero-order valence-corrected chi connectivity index (χ0v) is 9.91. The van der Waals surface area contributed by atoms with E-state index < -0.39 is 11.4 Å². The highest BCUT2D eigenvalue weighted by Crippen LogP contribution is 2.12. The molecule has 0 saturated heterocycles. The highest BCUT2D eigenvalue weighted by molar-refractivity contribution is 6.30. The van der Waals surface area contributed by atoms with Gasteiger partial charge in [-0.1, -0.05) is 23.7 Å². The van der Waals surface area contributed by atoms with Crippen LogP contribution in [0.15, 0.2) is 35.3 Å². The van der Waals surface area contributed by atoms with Gasteiger partial charge in [-0.3, -0.25) is 4.79 Å². The van der Waals surface area contributed by atoms with E-state index in [0.29, 0.717) is 17.4 Å². The second-order valence-corrected chi connectivity index (χ2v) is 4.14. The van der Waals surface area contributed by atoms with Crippen molar-refractivity contribution >= 4 is 11.6 Å². The Morgan fingerprint density at radius 1 is 1.47 bits per heavy atom. The summed E-state index contributed by atoms with van der Waals surface area (Å²) in [5, 5.41) is 0.620.